The highest BCUT2D eigenvalue weighted by Gasteiger charge is 2.36. The van der Waals surface area contributed by atoms with Gasteiger partial charge in [-0.2, -0.15) is 0 Å². The largest absolute Gasteiger partial charge is 0.469 e. The van der Waals surface area contributed by atoms with E-state index in [4.69, 9.17) is 9.47 Å². The van der Waals surface area contributed by atoms with E-state index < -0.39 is 11.8 Å². The smallest absolute Gasteiger partial charge is 0.314 e. The molecule has 1 fully saturated rings. The summed E-state index contributed by atoms with van der Waals surface area (Å²) in [5.41, 5.74) is 2.40. The van der Waals surface area contributed by atoms with Gasteiger partial charge in [0.1, 0.15) is 0 Å². The number of esters is 2. The highest BCUT2D eigenvalue weighted by atomic mass is 16.5. The third kappa shape index (κ3) is 2.88. The fraction of sp³-hybridized carbons (Fsp3) is 0.600. The lowest BCUT2D eigenvalue weighted by Gasteiger charge is -2.29. The van der Waals surface area contributed by atoms with Crippen LogP contribution in [0.1, 0.15) is 32.6 Å². The van der Waals surface area contributed by atoms with Crippen LogP contribution in [0.2, 0.25) is 0 Å². The van der Waals surface area contributed by atoms with Gasteiger partial charge >= 0.3 is 11.9 Å². The molecule has 2 aliphatic rings. The topological polar surface area (TPSA) is 52.6 Å². The summed E-state index contributed by atoms with van der Waals surface area (Å²) in [6, 6.07) is 0. The number of methoxy groups -OCH3 is 1. The molecule has 0 aromatic carbocycles. The van der Waals surface area contributed by atoms with Crippen LogP contribution < -0.4 is 0 Å². The Bertz CT molecular complexity index is 433. The van der Waals surface area contributed by atoms with E-state index in [2.05, 4.69) is 0 Å². The zero-order valence-corrected chi connectivity index (χ0v) is 11.5. The predicted octanol–water partition coefficient (Wildman–Crippen LogP) is 2.40. The molecule has 0 radical (unpaired) electrons. The molecule has 104 valence electrons. The first-order valence-corrected chi connectivity index (χ1v) is 6.83. The fourth-order valence-corrected chi connectivity index (χ4v) is 2.78. The summed E-state index contributed by atoms with van der Waals surface area (Å²) < 4.78 is 9.87. The van der Waals surface area contributed by atoms with E-state index in [0.29, 0.717) is 6.61 Å². The monoisotopic (exact) mass is 264 g/mol. The highest BCUT2D eigenvalue weighted by Crippen LogP contribution is 2.37. The lowest BCUT2D eigenvalue weighted by atomic mass is 9.77. The standard InChI is InChI=1S/C15H20O4/c1-3-19-15(17)13-9-11-7-5-4-6-10(11)8-12(13)14(16)18-2/h8-9,12-13H,3-7H2,1-2H3/t12-,13+/m1/s1. The molecule has 2 rings (SSSR count). The molecular formula is C15H20O4. The van der Waals surface area contributed by atoms with E-state index in [0.717, 1.165) is 25.7 Å². The van der Waals surface area contributed by atoms with Crippen LogP contribution in [0.15, 0.2) is 23.3 Å². The Kier molecular flexibility index (Phi) is 4.40. The Morgan fingerprint density at radius 3 is 2.11 bits per heavy atom. The van der Waals surface area contributed by atoms with Crippen LogP contribution in [-0.4, -0.2) is 25.7 Å². The lowest BCUT2D eigenvalue weighted by Crippen LogP contribution is -2.32. The highest BCUT2D eigenvalue weighted by molar-refractivity contribution is 5.86. The molecule has 0 spiro atoms. The second-order valence-electron chi connectivity index (χ2n) is 4.92. The molecule has 19 heavy (non-hydrogen) atoms. The van der Waals surface area contributed by atoms with Crippen molar-refractivity contribution < 1.29 is 19.1 Å². The van der Waals surface area contributed by atoms with Gasteiger partial charge in [0.2, 0.25) is 0 Å². The molecule has 2 atom stereocenters. The first-order chi connectivity index (χ1) is 9.17. The van der Waals surface area contributed by atoms with Crippen LogP contribution in [0.4, 0.5) is 0 Å². The average molecular weight is 264 g/mol. The summed E-state index contributed by atoms with van der Waals surface area (Å²) in [6.07, 6.45) is 8.06. The molecule has 0 heterocycles. The van der Waals surface area contributed by atoms with E-state index in [9.17, 15) is 9.59 Å². The van der Waals surface area contributed by atoms with Gasteiger partial charge in [0, 0.05) is 0 Å². The van der Waals surface area contributed by atoms with E-state index >= 15 is 0 Å². The summed E-state index contributed by atoms with van der Waals surface area (Å²) in [5.74, 6) is -1.79. The Hall–Kier alpha value is -1.58. The fourth-order valence-electron chi connectivity index (χ4n) is 2.78. The van der Waals surface area contributed by atoms with Crippen LogP contribution in [-0.2, 0) is 19.1 Å². The van der Waals surface area contributed by atoms with Gasteiger partial charge in [0.05, 0.1) is 25.6 Å². The third-order valence-corrected chi connectivity index (χ3v) is 3.74. The molecule has 0 aromatic heterocycles. The van der Waals surface area contributed by atoms with Crippen molar-refractivity contribution in [1.82, 2.24) is 0 Å². The molecule has 0 amide bonds. The van der Waals surface area contributed by atoms with Gasteiger partial charge in [0.25, 0.3) is 0 Å². The molecular weight excluding hydrogens is 244 g/mol. The Balaban J connectivity index is 2.27. The maximum Gasteiger partial charge on any atom is 0.314 e. The second-order valence-corrected chi connectivity index (χ2v) is 4.92. The first-order valence-electron chi connectivity index (χ1n) is 6.83. The number of hydrogen-bond acceptors (Lipinski definition) is 4. The minimum atomic E-state index is -0.541. The van der Waals surface area contributed by atoms with Crippen LogP contribution >= 0.6 is 0 Å². The van der Waals surface area contributed by atoms with Gasteiger partial charge in [-0.1, -0.05) is 12.2 Å². The molecule has 4 heteroatoms. The quantitative estimate of drug-likeness (QED) is 0.734. The number of allylic oxidation sites excluding steroid dienone is 2. The second kappa shape index (κ2) is 6.04. The normalized spacial score (nSPS) is 25.8. The molecule has 1 saturated carbocycles. The van der Waals surface area contributed by atoms with Gasteiger partial charge < -0.3 is 9.47 Å². The van der Waals surface area contributed by atoms with Gasteiger partial charge in [-0.15, -0.1) is 0 Å². The van der Waals surface area contributed by atoms with E-state index in [1.54, 1.807) is 6.92 Å². The number of carbonyl (C=O) groups is 2. The molecule has 0 N–H and O–H groups in total. The molecule has 0 bridgehead atoms. The predicted molar refractivity (Wildman–Crippen MR) is 70.3 cm³/mol. The van der Waals surface area contributed by atoms with Crippen molar-refractivity contribution in [1.29, 1.82) is 0 Å². The van der Waals surface area contributed by atoms with Gasteiger partial charge in [-0.25, -0.2) is 0 Å². The minimum absolute atomic E-state index is 0.322. The van der Waals surface area contributed by atoms with E-state index in [1.165, 1.54) is 18.3 Å². The van der Waals surface area contributed by atoms with Crippen LogP contribution in [0.25, 0.3) is 0 Å². The summed E-state index contributed by atoms with van der Waals surface area (Å²) in [7, 11) is 1.35. The van der Waals surface area contributed by atoms with Gasteiger partial charge in [-0.3, -0.25) is 9.59 Å². The number of carbonyl (C=O) groups excluding carboxylic acids is 2. The molecule has 0 unspecified atom stereocenters. The minimum Gasteiger partial charge on any atom is -0.469 e. The molecule has 4 nitrogen and oxygen atoms in total. The van der Waals surface area contributed by atoms with Crippen molar-refractivity contribution in [2.24, 2.45) is 11.8 Å². The van der Waals surface area contributed by atoms with Crippen molar-refractivity contribution in [3.8, 4) is 0 Å². The van der Waals surface area contributed by atoms with Crippen molar-refractivity contribution >= 4 is 11.9 Å². The zero-order valence-electron chi connectivity index (χ0n) is 11.5. The van der Waals surface area contributed by atoms with E-state index in [1.807, 2.05) is 12.2 Å². The summed E-state index contributed by atoms with van der Waals surface area (Å²) in [6.45, 7) is 2.09. The summed E-state index contributed by atoms with van der Waals surface area (Å²) in [4.78, 5) is 23.9. The van der Waals surface area contributed by atoms with Gasteiger partial charge in [0.15, 0.2) is 0 Å². The Labute approximate surface area is 113 Å². The molecule has 0 saturated heterocycles. The van der Waals surface area contributed by atoms with E-state index in [-0.39, 0.29) is 11.9 Å². The first kappa shape index (κ1) is 13.8. The maximum atomic E-state index is 12.0. The zero-order chi connectivity index (χ0) is 13.8. The number of hydrogen-bond donors (Lipinski definition) is 0. The molecule has 0 aromatic rings. The van der Waals surface area contributed by atoms with Crippen molar-refractivity contribution in [3.63, 3.8) is 0 Å². The van der Waals surface area contributed by atoms with Gasteiger partial charge in [-0.05, 0) is 43.8 Å². The number of rotatable bonds is 3. The summed E-state index contributed by atoms with van der Waals surface area (Å²) in [5, 5.41) is 0. The number of fused-ring (bicyclic) bond motifs is 1. The summed E-state index contributed by atoms with van der Waals surface area (Å²) >= 11 is 0. The van der Waals surface area contributed by atoms with Crippen LogP contribution in [0, 0.1) is 11.8 Å². The van der Waals surface area contributed by atoms with Crippen molar-refractivity contribution in [2.75, 3.05) is 13.7 Å². The van der Waals surface area contributed by atoms with Crippen LogP contribution in [0.5, 0.6) is 0 Å². The average Bonchev–Trinajstić information content (AvgIpc) is 2.45. The molecule has 2 aliphatic carbocycles. The SMILES string of the molecule is CCOC(=O)[C@H]1C=C2CCCCC2=C[C@H]1C(=O)OC. The third-order valence-electron chi connectivity index (χ3n) is 3.74. The Morgan fingerprint density at radius 1 is 1.11 bits per heavy atom. The van der Waals surface area contributed by atoms with Crippen molar-refractivity contribution in [2.45, 2.75) is 32.6 Å². The number of ether oxygens (including phenoxy) is 2. The lowest BCUT2D eigenvalue weighted by molar-refractivity contribution is -0.155. The van der Waals surface area contributed by atoms with Crippen LogP contribution in [0.3, 0.4) is 0 Å². The Morgan fingerprint density at radius 2 is 1.63 bits per heavy atom. The maximum absolute atomic E-state index is 12.0. The van der Waals surface area contributed by atoms with Crippen molar-refractivity contribution in [3.05, 3.63) is 23.3 Å². The molecule has 0 aliphatic heterocycles.